The van der Waals surface area contributed by atoms with E-state index < -0.39 is 0 Å². The van der Waals surface area contributed by atoms with Gasteiger partial charge in [-0.05, 0) is 68.8 Å². The highest BCUT2D eigenvalue weighted by atomic mass is 127. The van der Waals surface area contributed by atoms with Gasteiger partial charge in [0.05, 0.1) is 9.61 Å². The van der Waals surface area contributed by atoms with Gasteiger partial charge in [-0.25, -0.2) is 0 Å². The van der Waals surface area contributed by atoms with Crippen molar-refractivity contribution in [2.24, 2.45) is 0 Å². The Labute approximate surface area is 156 Å². The van der Waals surface area contributed by atoms with Crippen LogP contribution in [0, 0.1) is 7.14 Å². The van der Waals surface area contributed by atoms with Crippen molar-refractivity contribution >= 4 is 56.5 Å². The Kier molecular flexibility index (Phi) is 5.41. The quantitative estimate of drug-likeness (QED) is 0.600. The number of piperazine rings is 1. The molecule has 3 nitrogen and oxygen atoms in total. The molecular weight excluding hydrogens is 510 g/mol. The zero-order valence-corrected chi connectivity index (χ0v) is 16.5. The molecule has 2 N–H and O–H groups in total. The van der Waals surface area contributed by atoms with Gasteiger partial charge in [0.15, 0.2) is 0 Å². The molecule has 0 unspecified atom stereocenters. The normalized spacial score (nSPS) is 17.8. The third kappa shape index (κ3) is 3.54. The van der Waals surface area contributed by atoms with E-state index in [4.69, 9.17) is 0 Å². The maximum absolute atomic E-state index is 10.6. The lowest BCUT2D eigenvalue weighted by atomic mass is 10.0. The molecule has 112 valence electrons. The lowest BCUT2D eigenvalue weighted by Crippen LogP contribution is -2.45. The van der Waals surface area contributed by atoms with E-state index in [2.05, 4.69) is 79.0 Å². The summed E-state index contributed by atoms with van der Waals surface area (Å²) in [6.45, 7) is 4.02. The first kappa shape index (κ1) is 16.0. The molecule has 0 saturated carbocycles. The summed E-state index contributed by atoms with van der Waals surface area (Å²) in [7, 11) is 0. The van der Waals surface area contributed by atoms with Crippen LogP contribution in [0.1, 0.15) is 16.5 Å². The average Bonchev–Trinajstić information content (AvgIpc) is 2.99. The fourth-order valence-corrected chi connectivity index (χ4v) is 5.48. The molecule has 0 bridgehead atoms. The van der Waals surface area contributed by atoms with Crippen LogP contribution >= 0.6 is 56.5 Å². The number of phenolic OH excluding ortho intramolecular Hbond substituents is 1. The van der Waals surface area contributed by atoms with Crippen molar-refractivity contribution < 1.29 is 5.11 Å². The molecule has 1 saturated heterocycles. The molecule has 1 aliphatic heterocycles. The molecule has 2 aromatic rings. The van der Waals surface area contributed by atoms with Crippen LogP contribution in [0.3, 0.4) is 0 Å². The number of rotatable bonds is 3. The minimum absolute atomic E-state index is 0.148. The second kappa shape index (κ2) is 7.12. The molecule has 1 fully saturated rings. The van der Waals surface area contributed by atoms with Crippen LogP contribution in [0.5, 0.6) is 5.75 Å². The molecule has 0 amide bonds. The monoisotopic (exact) mass is 526 g/mol. The van der Waals surface area contributed by atoms with E-state index in [1.165, 1.54) is 8.45 Å². The second-order valence-electron chi connectivity index (χ2n) is 5.03. The maximum Gasteiger partial charge on any atom is 0.134 e. The molecular formula is C15H16I2N2OS. The van der Waals surface area contributed by atoms with Crippen molar-refractivity contribution in [1.29, 1.82) is 0 Å². The molecule has 1 aliphatic rings. The van der Waals surface area contributed by atoms with Gasteiger partial charge in [0.2, 0.25) is 0 Å². The third-order valence-corrected chi connectivity index (χ3v) is 6.05. The van der Waals surface area contributed by atoms with Gasteiger partial charge < -0.3 is 10.4 Å². The van der Waals surface area contributed by atoms with Crippen molar-refractivity contribution in [2.75, 3.05) is 26.2 Å². The Bertz CT molecular complexity index is 612. The minimum atomic E-state index is 0.148. The topological polar surface area (TPSA) is 35.5 Å². The highest BCUT2D eigenvalue weighted by Crippen LogP contribution is 2.39. The fourth-order valence-electron chi connectivity index (χ4n) is 2.71. The summed E-state index contributed by atoms with van der Waals surface area (Å²) in [6.07, 6.45) is 0. The van der Waals surface area contributed by atoms with Crippen molar-refractivity contribution in [1.82, 2.24) is 10.2 Å². The van der Waals surface area contributed by atoms with Gasteiger partial charge in [-0.1, -0.05) is 6.07 Å². The van der Waals surface area contributed by atoms with Crippen LogP contribution in [0.15, 0.2) is 29.6 Å². The predicted molar refractivity (Wildman–Crippen MR) is 104 cm³/mol. The van der Waals surface area contributed by atoms with Gasteiger partial charge in [0.25, 0.3) is 0 Å². The first-order valence-corrected chi connectivity index (χ1v) is 9.86. The lowest BCUT2D eigenvalue weighted by molar-refractivity contribution is 0.198. The summed E-state index contributed by atoms with van der Waals surface area (Å²) in [6, 6.07) is 8.54. The Balaban J connectivity index is 2.07. The van der Waals surface area contributed by atoms with E-state index in [1.807, 2.05) is 6.07 Å². The minimum Gasteiger partial charge on any atom is -0.506 e. The average molecular weight is 526 g/mol. The number of benzene rings is 1. The summed E-state index contributed by atoms with van der Waals surface area (Å²) in [5, 5.41) is 16.1. The van der Waals surface area contributed by atoms with Crippen LogP contribution in [0.25, 0.3) is 0 Å². The Morgan fingerprint density at radius 3 is 2.67 bits per heavy atom. The highest BCUT2D eigenvalue weighted by molar-refractivity contribution is 14.1. The summed E-state index contributed by atoms with van der Waals surface area (Å²) < 4.78 is 2.09. The highest BCUT2D eigenvalue weighted by Gasteiger charge is 2.27. The van der Waals surface area contributed by atoms with Gasteiger partial charge in [-0.15, -0.1) is 11.3 Å². The Morgan fingerprint density at radius 2 is 2.00 bits per heavy atom. The molecule has 0 spiro atoms. The fraction of sp³-hybridized carbons (Fsp3) is 0.333. The number of nitrogens with zero attached hydrogens (tertiary/aromatic N) is 1. The first-order chi connectivity index (χ1) is 10.2. The standard InChI is InChI=1S/C15H16I2N2OS/c16-10-8-11(15(20)12(17)9-10)14(13-2-1-7-21-13)19-5-3-18-4-6-19/h1-2,7-9,14,18,20H,3-6H2/t14-/m0/s1. The van der Waals surface area contributed by atoms with Gasteiger partial charge in [0, 0.05) is 40.2 Å². The number of thiophene rings is 1. The summed E-state index contributed by atoms with van der Waals surface area (Å²) >= 11 is 6.30. The SMILES string of the molecule is Oc1c(I)cc(I)cc1[C@@H](c1cccs1)N1CCNCC1. The summed E-state index contributed by atoms with van der Waals surface area (Å²) in [5.74, 6) is 0.424. The number of hydrogen-bond donors (Lipinski definition) is 2. The van der Waals surface area contributed by atoms with Crippen LogP contribution < -0.4 is 5.32 Å². The third-order valence-electron chi connectivity index (χ3n) is 3.68. The van der Waals surface area contributed by atoms with Crippen LogP contribution in [-0.2, 0) is 0 Å². The van der Waals surface area contributed by atoms with Crippen LogP contribution in [-0.4, -0.2) is 36.2 Å². The largest absolute Gasteiger partial charge is 0.506 e. The molecule has 1 atom stereocenters. The molecule has 1 aromatic carbocycles. The van der Waals surface area contributed by atoms with E-state index in [0.717, 1.165) is 35.3 Å². The number of phenols is 1. The molecule has 21 heavy (non-hydrogen) atoms. The Hall–Kier alpha value is 0.1000. The molecule has 2 heterocycles. The second-order valence-corrected chi connectivity index (χ2v) is 8.42. The van der Waals surface area contributed by atoms with Gasteiger partial charge >= 0.3 is 0 Å². The molecule has 6 heteroatoms. The Morgan fingerprint density at radius 1 is 1.24 bits per heavy atom. The van der Waals surface area contributed by atoms with Gasteiger partial charge in [-0.2, -0.15) is 0 Å². The van der Waals surface area contributed by atoms with Crippen molar-refractivity contribution in [3.63, 3.8) is 0 Å². The van der Waals surface area contributed by atoms with Crippen LogP contribution in [0.4, 0.5) is 0 Å². The van der Waals surface area contributed by atoms with E-state index in [-0.39, 0.29) is 6.04 Å². The molecule has 3 rings (SSSR count). The zero-order valence-electron chi connectivity index (χ0n) is 11.4. The predicted octanol–water partition coefficient (Wildman–Crippen LogP) is 3.66. The van der Waals surface area contributed by atoms with Crippen molar-refractivity contribution in [3.05, 3.63) is 47.2 Å². The van der Waals surface area contributed by atoms with Gasteiger partial charge in [-0.3, -0.25) is 4.90 Å². The number of halogens is 2. The van der Waals surface area contributed by atoms with E-state index in [0.29, 0.717) is 5.75 Å². The lowest BCUT2D eigenvalue weighted by Gasteiger charge is -2.35. The number of aromatic hydroxyl groups is 1. The summed E-state index contributed by atoms with van der Waals surface area (Å²) in [5.41, 5.74) is 1.02. The maximum atomic E-state index is 10.6. The number of nitrogens with one attached hydrogen (secondary N) is 1. The van der Waals surface area contributed by atoms with E-state index in [1.54, 1.807) is 11.3 Å². The first-order valence-electron chi connectivity index (χ1n) is 6.83. The zero-order chi connectivity index (χ0) is 14.8. The molecule has 0 aliphatic carbocycles. The smallest absolute Gasteiger partial charge is 0.134 e. The van der Waals surface area contributed by atoms with Crippen LogP contribution in [0.2, 0.25) is 0 Å². The van der Waals surface area contributed by atoms with Crippen molar-refractivity contribution in [2.45, 2.75) is 6.04 Å². The van der Waals surface area contributed by atoms with Gasteiger partial charge in [0.1, 0.15) is 5.75 Å². The molecule has 1 aromatic heterocycles. The number of hydrogen-bond acceptors (Lipinski definition) is 4. The van der Waals surface area contributed by atoms with E-state index in [9.17, 15) is 5.11 Å². The summed E-state index contributed by atoms with van der Waals surface area (Å²) in [4.78, 5) is 3.76. The molecule has 0 radical (unpaired) electrons. The van der Waals surface area contributed by atoms with E-state index >= 15 is 0 Å². The van der Waals surface area contributed by atoms with Crippen molar-refractivity contribution in [3.8, 4) is 5.75 Å².